The van der Waals surface area contributed by atoms with E-state index in [2.05, 4.69) is 29.8 Å². The third kappa shape index (κ3) is 3.82. The number of rotatable bonds is 4. The second-order valence-corrected chi connectivity index (χ2v) is 8.34. The topological polar surface area (TPSA) is 36.4 Å². The molecule has 2 aromatic heterocycles. The Labute approximate surface area is 145 Å². The smallest absolute Gasteiger partial charge is 0.265 e. The zero-order chi connectivity index (χ0) is 16.4. The normalized spacial score (nSPS) is 16.3. The predicted molar refractivity (Wildman–Crippen MR) is 97.3 cm³/mol. The molecule has 6 heteroatoms. The summed E-state index contributed by atoms with van der Waals surface area (Å²) >= 11 is 3.19. The van der Waals surface area contributed by atoms with Gasteiger partial charge in [0.15, 0.2) is 0 Å². The van der Waals surface area contributed by atoms with Crippen molar-refractivity contribution in [3.8, 4) is 9.88 Å². The summed E-state index contributed by atoms with van der Waals surface area (Å²) in [6, 6.07) is 4.08. The highest BCUT2D eigenvalue weighted by atomic mass is 32.1. The average molecular weight is 350 g/mol. The van der Waals surface area contributed by atoms with Gasteiger partial charge in [0.25, 0.3) is 5.91 Å². The first-order valence-corrected chi connectivity index (χ1v) is 9.77. The highest BCUT2D eigenvalue weighted by Gasteiger charge is 2.25. The molecule has 2 aromatic rings. The molecule has 124 valence electrons. The van der Waals surface area contributed by atoms with Crippen molar-refractivity contribution >= 4 is 28.6 Å². The predicted octanol–water partition coefficient (Wildman–Crippen LogP) is 3.59. The van der Waals surface area contributed by atoms with Crippen LogP contribution in [0.1, 0.15) is 29.2 Å². The van der Waals surface area contributed by atoms with Crippen LogP contribution in [0.2, 0.25) is 0 Å². The van der Waals surface area contributed by atoms with Crippen molar-refractivity contribution in [2.75, 3.05) is 32.7 Å². The molecule has 0 atom stereocenters. The van der Waals surface area contributed by atoms with Crippen LogP contribution in [0.25, 0.3) is 9.88 Å². The number of aryl methyl sites for hydroxylation is 1. The molecule has 0 aliphatic carbocycles. The summed E-state index contributed by atoms with van der Waals surface area (Å²) in [5.41, 5.74) is 0.855. The van der Waals surface area contributed by atoms with Gasteiger partial charge in [-0.3, -0.25) is 9.69 Å². The summed E-state index contributed by atoms with van der Waals surface area (Å²) in [6.45, 7) is 11.1. The number of carbonyl (C=O) groups is 1. The summed E-state index contributed by atoms with van der Waals surface area (Å²) in [7, 11) is 0. The molecule has 1 amide bonds. The number of piperazine rings is 1. The first kappa shape index (κ1) is 16.6. The first-order chi connectivity index (χ1) is 11.0. The number of thiazole rings is 1. The lowest BCUT2D eigenvalue weighted by Crippen LogP contribution is -2.49. The van der Waals surface area contributed by atoms with Crippen molar-refractivity contribution in [3.05, 3.63) is 28.1 Å². The van der Waals surface area contributed by atoms with Crippen molar-refractivity contribution < 1.29 is 4.79 Å². The van der Waals surface area contributed by atoms with E-state index in [1.54, 1.807) is 11.3 Å². The number of aromatic nitrogens is 1. The third-order valence-corrected chi connectivity index (χ3v) is 6.19. The Morgan fingerprint density at radius 2 is 2.04 bits per heavy atom. The van der Waals surface area contributed by atoms with E-state index >= 15 is 0 Å². The van der Waals surface area contributed by atoms with Gasteiger partial charge in [0.05, 0.1) is 10.6 Å². The number of thiophene rings is 1. The molecular weight excluding hydrogens is 326 g/mol. The van der Waals surface area contributed by atoms with Gasteiger partial charge in [-0.15, -0.1) is 22.7 Å². The van der Waals surface area contributed by atoms with Gasteiger partial charge in [-0.05, 0) is 24.3 Å². The number of carbonyl (C=O) groups excluding carboxylic acids is 1. The molecule has 0 N–H and O–H groups in total. The van der Waals surface area contributed by atoms with E-state index in [-0.39, 0.29) is 5.91 Å². The highest BCUT2D eigenvalue weighted by Crippen LogP contribution is 2.31. The van der Waals surface area contributed by atoms with Gasteiger partial charge < -0.3 is 4.90 Å². The van der Waals surface area contributed by atoms with Crippen molar-refractivity contribution in [1.29, 1.82) is 0 Å². The summed E-state index contributed by atoms with van der Waals surface area (Å²) in [4.78, 5) is 23.8. The molecule has 3 heterocycles. The maximum Gasteiger partial charge on any atom is 0.265 e. The minimum atomic E-state index is 0.145. The molecule has 23 heavy (non-hydrogen) atoms. The van der Waals surface area contributed by atoms with Crippen LogP contribution in [-0.4, -0.2) is 53.4 Å². The molecule has 3 rings (SSSR count). The fraction of sp³-hybridized carbons (Fsp3) is 0.529. The molecule has 0 saturated carbocycles. The van der Waals surface area contributed by atoms with Crippen molar-refractivity contribution in [2.45, 2.75) is 20.8 Å². The monoisotopic (exact) mass is 349 g/mol. The van der Waals surface area contributed by atoms with Gasteiger partial charge in [-0.2, -0.15) is 0 Å². The zero-order valence-corrected chi connectivity index (χ0v) is 15.5. The van der Waals surface area contributed by atoms with Crippen LogP contribution < -0.4 is 0 Å². The SMILES string of the molecule is Cc1nc(-c2cccs2)sc1C(=O)N1CCN(CC(C)C)CC1. The lowest BCUT2D eigenvalue weighted by atomic mass is 10.2. The zero-order valence-electron chi connectivity index (χ0n) is 13.9. The average Bonchev–Trinajstić information content (AvgIpc) is 3.16. The van der Waals surface area contributed by atoms with Gasteiger partial charge in [-0.25, -0.2) is 4.98 Å². The van der Waals surface area contributed by atoms with E-state index in [0.717, 1.165) is 53.2 Å². The van der Waals surface area contributed by atoms with Crippen LogP contribution in [0.15, 0.2) is 17.5 Å². The number of nitrogens with zero attached hydrogens (tertiary/aromatic N) is 3. The molecule has 0 spiro atoms. The third-order valence-electron chi connectivity index (χ3n) is 4.01. The summed E-state index contributed by atoms with van der Waals surface area (Å²) in [6.07, 6.45) is 0. The van der Waals surface area contributed by atoms with Crippen LogP contribution >= 0.6 is 22.7 Å². The Bertz CT molecular complexity index is 655. The molecule has 1 fully saturated rings. The lowest BCUT2D eigenvalue weighted by Gasteiger charge is -2.35. The van der Waals surface area contributed by atoms with Gasteiger partial charge in [0.2, 0.25) is 0 Å². The molecule has 1 aliphatic heterocycles. The first-order valence-electron chi connectivity index (χ1n) is 8.07. The van der Waals surface area contributed by atoms with Crippen LogP contribution in [0.5, 0.6) is 0 Å². The van der Waals surface area contributed by atoms with Crippen LogP contribution in [-0.2, 0) is 0 Å². The van der Waals surface area contributed by atoms with Crippen LogP contribution in [0.4, 0.5) is 0 Å². The molecule has 0 aromatic carbocycles. The Hall–Kier alpha value is -1.24. The molecule has 1 saturated heterocycles. The minimum absolute atomic E-state index is 0.145. The van der Waals surface area contributed by atoms with Crippen LogP contribution in [0.3, 0.4) is 0 Å². The molecule has 4 nitrogen and oxygen atoms in total. The molecule has 0 bridgehead atoms. The summed E-state index contributed by atoms with van der Waals surface area (Å²) in [5.74, 6) is 0.821. The second-order valence-electron chi connectivity index (χ2n) is 6.40. The Balaban J connectivity index is 1.67. The maximum atomic E-state index is 12.8. The van der Waals surface area contributed by atoms with E-state index in [0.29, 0.717) is 5.92 Å². The van der Waals surface area contributed by atoms with Crippen molar-refractivity contribution in [2.24, 2.45) is 5.92 Å². The summed E-state index contributed by atoms with van der Waals surface area (Å²) in [5, 5.41) is 3.00. The Morgan fingerprint density at radius 3 is 2.65 bits per heavy atom. The molecule has 0 radical (unpaired) electrons. The minimum Gasteiger partial charge on any atom is -0.335 e. The van der Waals surface area contributed by atoms with Crippen LogP contribution in [0, 0.1) is 12.8 Å². The molecular formula is C17H23N3OS2. The lowest BCUT2D eigenvalue weighted by molar-refractivity contribution is 0.0627. The number of amides is 1. The van der Waals surface area contributed by atoms with E-state index in [9.17, 15) is 4.79 Å². The second kappa shape index (κ2) is 7.11. The van der Waals surface area contributed by atoms with E-state index in [4.69, 9.17) is 0 Å². The number of hydrogen-bond donors (Lipinski definition) is 0. The van der Waals surface area contributed by atoms with Crippen molar-refractivity contribution in [1.82, 2.24) is 14.8 Å². The Morgan fingerprint density at radius 1 is 1.30 bits per heavy atom. The van der Waals surface area contributed by atoms with Gasteiger partial charge in [0, 0.05) is 32.7 Å². The van der Waals surface area contributed by atoms with E-state index < -0.39 is 0 Å². The Kier molecular flexibility index (Phi) is 5.14. The molecule has 1 aliphatic rings. The highest BCUT2D eigenvalue weighted by molar-refractivity contribution is 7.22. The van der Waals surface area contributed by atoms with Crippen molar-refractivity contribution in [3.63, 3.8) is 0 Å². The van der Waals surface area contributed by atoms with Gasteiger partial charge in [0.1, 0.15) is 9.88 Å². The van der Waals surface area contributed by atoms with E-state index in [1.165, 1.54) is 11.3 Å². The standard InChI is InChI=1S/C17H23N3OS2/c1-12(2)11-19-6-8-20(9-7-19)17(21)15-13(3)18-16(23-15)14-5-4-10-22-14/h4-5,10,12H,6-9,11H2,1-3H3. The summed E-state index contributed by atoms with van der Waals surface area (Å²) < 4.78 is 0. The number of hydrogen-bond acceptors (Lipinski definition) is 5. The quantitative estimate of drug-likeness (QED) is 0.846. The largest absolute Gasteiger partial charge is 0.335 e. The fourth-order valence-electron chi connectivity index (χ4n) is 2.89. The maximum absolute atomic E-state index is 12.8. The molecule has 0 unspecified atom stereocenters. The van der Waals surface area contributed by atoms with Gasteiger partial charge in [-0.1, -0.05) is 19.9 Å². The fourth-order valence-corrected chi connectivity index (χ4v) is 4.73. The van der Waals surface area contributed by atoms with E-state index in [1.807, 2.05) is 23.3 Å². The van der Waals surface area contributed by atoms with Gasteiger partial charge >= 0.3 is 0 Å².